The lowest BCUT2D eigenvalue weighted by Crippen LogP contribution is -2.43. The van der Waals surface area contributed by atoms with Crippen LogP contribution < -0.4 is 17.0 Å². The highest BCUT2D eigenvalue weighted by Crippen LogP contribution is 2.20. The van der Waals surface area contributed by atoms with Gasteiger partial charge in [0.05, 0.1) is 0 Å². The molecule has 1 unspecified atom stereocenters. The molecular weight excluding hydrogens is 248 g/mol. The van der Waals surface area contributed by atoms with E-state index in [0.29, 0.717) is 19.0 Å². The number of aromatic nitrogens is 2. The largest absolute Gasteiger partial charge is 0.337 e. The summed E-state index contributed by atoms with van der Waals surface area (Å²) in [6.07, 6.45) is 1.69. The quantitative estimate of drug-likeness (QED) is 0.654. The second-order valence-electron chi connectivity index (χ2n) is 4.99. The number of hydrogen-bond donors (Lipinski definition) is 3. The van der Waals surface area contributed by atoms with E-state index in [-0.39, 0.29) is 17.6 Å². The first-order valence-corrected chi connectivity index (χ1v) is 6.36. The van der Waals surface area contributed by atoms with Gasteiger partial charge in [0.1, 0.15) is 5.69 Å². The molecule has 0 aromatic carbocycles. The maximum Gasteiger partial charge on any atom is 0.326 e. The van der Waals surface area contributed by atoms with Crippen LogP contribution in [-0.4, -0.2) is 39.9 Å². The van der Waals surface area contributed by atoms with Crippen molar-refractivity contribution in [2.45, 2.75) is 25.8 Å². The van der Waals surface area contributed by atoms with E-state index in [2.05, 4.69) is 4.98 Å². The zero-order valence-corrected chi connectivity index (χ0v) is 10.8. The van der Waals surface area contributed by atoms with E-state index in [0.717, 1.165) is 18.9 Å². The number of H-pyrrole nitrogens is 2. The topological polar surface area (TPSA) is 112 Å². The van der Waals surface area contributed by atoms with Gasteiger partial charge in [-0.3, -0.25) is 14.6 Å². The lowest BCUT2D eigenvalue weighted by atomic mass is 9.91. The van der Waals surface area contributed by atoms with Crippen LogP contribution in [0.1, 0.15) is 30.3 Å². The SMILES string of the molecule is CC(N)C1CCN(C(=O)c2cc(=O)[nH]c(=O)[nH]2)CC1. The van der Waals surface area contributed by atoms with Gasteiger partial charge in [0.25, 0.3) is 11.5 Å². The predicted molar refractivity (Wildman–Crippen MR) is 70.0 cm³/mol. The Balaban J connectivity index is 2.09. The first-order chi connectivity index (χ1) is 8.97. The summed E-state index contributed by atoms with van der Waals surface area (Å²) in [7, 11) is 0. The molecule has 0 aliphatic carbocycles. The molecule has 19 heavy (non-hydrogen) atoms. The molecule has 1 aliphatic heterocycles. The number of nitrogens with two attached hydrogens (primary N) is 1. The number of hydrogen-bond acceptors (Lipinski definition) is 4. The molecular formula is C12H18N4O3. The van der Waals surface area contributed by atoms with Gasteiger partial charge in [0.15, 0.2) is 0 Å². The third-order valence-electron chi connectivity index (χ3n) is 3.56. The number of likely N-dealkylation sites (tertiary alicyclic amines) is 1. The zero-order valence-electron chi connectivity index (χ0n) is 10.8. The molecule has 0 bridgehead atoms. The summed E-state index contributed by atoms with van der Waals surface area (Å²) in [6, 6.07) is 1.23. The molecule has 2 rings (SSSR count). The average molecular weight is 266 g/mol. The van der Waals surface area contributed by atoms with Crippen LogP contribution in [0.5, 0.6) is 0 Å². The molecule has 4 N–H and O–H groups in total. The van der Waals surface area contributed by atoms with Gasteiger partial charge in [-0.25, -0.2) is 4.79 Å². The van der Waals surface area contributed by atoms with E-state index >= 15 is 0 Å². The van der Waals surface area contributed by atoms with Crippen LogP contribution in [0.2, 0.25) is 0 Å². The van der Waals surface area contributed by atoms with Gasteiger partial charge in [0, 0.05) is 25.2 Å². The number of nitrogens with zero attached hydrogens (tertiary/aromatic N) is 1. The number of amides is 1. The highest BCUT2D eigenvalue weighted by Gasteiger charge is 2.26. The van der Waals surface area contributed by atoms with Crippen LogP contribution in [0, 0.1) is 5.92 Å². The Morgan fingerprint density at radius 3 is 2.53 bits per heavy atom. The lowest BCUT2D eigenvalue weighted by Gasteiger charge is -2.33. The van der Waals surface area contributed by atoms with Crippen LogP contribution in [0.25, 0.3) is 0 Å². The summed E-state index contributed by atoms with van der Waals surface area (Å²) in [5.41, 5.74) is 4.64. The molecule has 0 radical (unpaired) electrons. The maximum atomic E-state index is 12.2. The monoisotopic (exact) mass is 266 g/mol. The molecule has 2 heterocycles. The van der Waals surface area contributed by atoms with Crippen LogP contribution >= 0.6 is 0 Å². The number of nitrogens with one attached hydrogen (secondary N) is 2. The van der Waals surface area contributed by atoms with Crippen molar-refractivity contribution in [1.82, 2.24) is 14.9 Å². The van der Waals surface area contributed by atoms with Gasteiger partial charge in [-0.2, -0.15) is 0 Å². The van der Waals surface area contributed by atoms with E-state index in [4.69, 9.17) is 5.73 Å². The third-order valence-corrected chi connectivity index (χ3v) is 3.56. The molecule has 7 heteroatoms. The van der Waals surface area contributed by atoms with Gasteiger partial charge in [0.2, 0.25) is 0 Å². The van der Waals surface area contributed by atoms with E-state index in [1.54, 1.807) is 4.90 Å². The predicted octanol–water partition coefficient (Wildman–Crippen LogP) is -0.737. The van der Waals surface area contributed by atoms with Crippen molar-refractivity contribution in [1.29, 1.82) is 0 Å². The molecule has 1 aliphatic rings. The van der Waals surface area contributed by atoms with Crippen LogP contribution in [0.3, 0.4) is 0 Å². The Morgan fingerprint density at radius 1 is 1.37 bits per heavy atom. The van der Waals surface area contributed by atoms with Crippen LogP contribution in [-0.2, 0) is 0 Å². The molecule has 104 valence electrons. The van der Waals surface area contributed by atoms with Crippen molar-refractivity contribution >= 4 is 5.91 Å². The van der Waals surface area contributed by atoms with Crippen LogP contribution in [0.15, 0.2) is 15.7 Å². The number of piperidine rings is 1. The number of rotatable bonds is 2. The van der Waals surface area contributed by atoms with Gasteiger partial charge in [-0.05, 0) is 25.7 Å². The lowest BCUT2D eigenvalue weighted by molar-refractivity contribution is 0.0674. The average Bonchev–Trinajstić information content (AvgIpc) is 2.37. The molecule has 7 nitrogen and oxygen atoms in total. The Kier molecular flexibility index (Phi) is 3.84. The van der Waals surface area contributed by atoms with Crippen LogP contribution in [0.4, 0.5) is 0 Å². The standard InChI is InChI=1S/C12H18N4O3/c1-7(13)8-2-4-16(5-3-8)11(18)9-6-10(17)15-12(19)14-9/h6-8H,2-5,13H2,1H3,(H2,14,15,17,19). The molecule has 1 saturated heterocycles. The Morgan fingerprint density at radius 2 is 2.00 bits per heavy atom. The van der Waals surface area contributed by atoms with Crippen molar-refractivity contribution in [3.05, 3.63) is 32.6 Å². The fourth-order valence-electron chi connectivity index (χ4n) is 2.38. The van der Waals surface area contributed by atoms with Crippen molar-refractivity contribution < 1.29 is 4.79 Å². The van der Waals surface area contributed by atoms with E-state index in [1.807, 2.05) is 11.9 Å². The van der Waals surface area contributed by atoms with Gasteiger partial charge >= 0.3 is 5.69 Å². The summed E-state index contributed by atoms with van der Waals surface area (Å²) in [5.74, 6) is 0.105. The summed E-state index contributed by atoms with van der Waals surface area (Å²) in [4.78, 5) is 40.5. The summed E-state index contributed by atoms with van der Waals surface area (Å²) in [5, 5.41) is 0. The van der Waals surface area contributed by atoms with Gasteiger partial charge in [-0.1, -0.05) is 0 Å². The van der Waals surface area contributed by atoms with E-state index < -0.39 is 11.2 Å². The van der Waals surface area contributed by atoms with Crippen molar-refractivity contribution in [3.8, 4) is 0 Å². The molecule has 1 amide bonds. The molecule has 1 aromatic heterocycles. The minimum Gasteiger partial charge on any atom is -0.337 e. The molecule has 0 spiro atoms. The smallest absolute Gasteiger partial charge is 0.326 e. The minimum absolute atomic E-state index is 0.0352. The minimum atomic E-state index is -0.665. The molecule has 0 saturated carbocycles. The fraction of sp³-hybridized carbons (Fsp3) is 0.583. The second-order valence-corrected chi connectivity index (χ2v) is 4.99. The first-order valence-electron chi connectivity index (χ1n) is 6.36. The van der Waals surface area contributed by atoms with Crippen molar-refractivity contribution in [3.63, 3.8) is 0 Å². The number of carbonyl (C=O) groups excluding carboxylic acids is 1. The first kappa shape index (κ1) is 13.5. The van der Waals surface area contributed by atoms with E-state index in [9.17, 15) is 14.4 Å². The Labute approximate surface area is 109 Å². The third kappa shape index (κ3) is 3.11. The molecule has 1 aromatic rings. The Hall–Kier alpha value is -1.89. The Bertz CT molecular complexity index is 539. The number of aromatic amines is 2. The highest BCUT2D eigenvalue weighted by molar-refractivity contribution is 5.92. The summed E-state index contributed by atoms with van der Waals surface area (Å²) >= 11 is 0. The highest BCUT2D eigenvalue weighted by atomic mass is 16.2. The maximum absolute atomic E-state index is 12.2. The molecule has 1 fully saturated rings. The van der Waals surface area contributed by atoms with Gasteiger partial charge in [-0.15, -0.1) is 0 Å². The number of carbonyl (C=O) groups is 1. The normalized spacial score (nSPS) is 18.3. The molecule has 1 atom stereocenters. The summed E-state index contributed by atoms with van der Waals surface area (Å²) in [6.45, 7) is 3.16. The van der Waals surface area contributed by atoms with Crippen molar-refractivity contribution in [2.75, 3.05) is 13.1 Å². The zero-order chi connectivity index (χ0) is 14.0. The summed E-state index contributed by atoms with van der Waals surface area (Å²) < 4.78 is 0. The van der Waals surface area contributed by atoms with Crippen molar-refractivity contribution in [2.24, 2.45) is 11.7 Å². The fourth-order valence-corrected chi connectivity index (χ4v) is 2.38. The van der Waals surface area contributed by atoms with Gasteiger partial charge < -0.3 is 15.6 Å². The van der Waals surface area contributed by atoms with E-state index in [1.165, 1.54) is 0 Å². The second kappa shape index (κ2) is 5.40.